The van der Waals surface area contributed by atoms with Gasteiger partial charge >= 0.3 is 0 Å². The molecule has 0 unspecified atom stereocenters. The van der Waals surface area contributed by atoms with Gasteiger partial charge in [-0.25, -0.2) is 9.97 Å². The largest absolute Gasteiger partial charge is 0.348 e. The molecule has 3 rings (SSSR count). The van der Waals surface area contributed by atoms with E-state index < -0.39 is 0 Å². The number of anilines is 2. The summed E-state index contributed by atoms with van der Waals surface area (Å²) in [7, 11) is 0. The third-order valence-electron chi connectivity index (χ3n) is 3.61. The Morgan fingerprint density at radius 1 is 1.00 bits per heavy atom. The van der Waals surface area contributed by atoms with Crippen LogP contribution in [-0.2, 0) is 6.54 Å². The lowest BCUT2D eigenvalue weighted by Crippen LogP contribution is -2.23. The molecular formula is C19H16Cl2N4O. The Labute approximate surface area is 161 Å². The van der Waals surface area contributed by atoms with E-state index in [2.05, 4.69) is 20.6 Å². The highest BCUT2D eigenvalue weighted by Crippen LogP contribution is 2.24. The summed E-state index contributed by atoms with van der Waals surface area (Å²) in [5.41, 5.74) is 3.25. The quantitative estimate of drug-likeness (QED) is 0.662. The van der Waals surface area contributed by atoms with Gasteiger partial charge in [-0.1, -0.05) is 53.0 Å². The topological polar surface area (TPSA) is 66.9 Å². The van der Waals surface area contributed by atoms with Crippen LogP contribution >= 0.6 is 23.2 Å². The molecule has 2 aromatic carbocycles. The fraction of sp³-hybridized carbons (Fsp3) is 0.105. The third-order valence-corrected chi connectivity index (χ3v) is 4.04. The van der Waals surface area contributed by atoms with E-state index >= 15 is 0 Å². The summed E-state index contributed by atoms with van der Waals surface area (Å²) in [6.07, 6.45) is 2.93. The average Bonchev–Trinajstić information content (AvgIpc) is 2.61. The van der Waals surface area contributed by atoms with E-state index in [1.165, 1.54) is 18.0 Å². The monoisotopic (exact) mass is 386 g/mol. The normalized spacial score (nSPS) is 10.4. The van der Waals surface area contributed by atoms with Gasteiger partial charge in [0.1, 0.15) is 0 Å². The van der Waals surface area contributed by atoms with Crippen LogP contribution in [0.5, 0.6) is 0 Å². The Balaban J connectivity index is 1.61. The van der Waals surface area contributed by atoms with Crippen molar-refractivity contribution in [3.8, 4) is 0 Å². The standard InChI is InChI=1S/C19H16Cl2N4O/c1-12-2-4-13(5-3-12)9-22-18(26)14-10-23-19(24-11-14)25-17-7-15(20)6-16(21)8-17/h2-8,10-11H,9H2,1H3,(H,22,26)(H,23,24,25). The maximum atomic E-state index is 12.2. The number of nitrogens with one attached hydrogen (secondary N) is 2. The average molecular weight is 387 g/mol. The zero-order valence-corrected chi connectivity index (χ0v) is 15.5. The lowest BCUT2D eigenvalue weighted by Gasteiger charge is -2.08. The van der Waals surface area contributed by atoms with Crippen molar-refractivity contribution in [2.24, 2.45) is 0 Å². The second kappa shape index (κ2) is 8.17. The van der Waals surface area contributed by atoms with Crippen LogP contribution < -0.4 is 10.6 Å². The second-order valence-electron chi connectivity index (χ2n) is 5.75. The highest BCUT2D eigenvalue weighted by molar-refractivity contribution is 6.35. The fourth-order valence-electron chi connectivity index (χ4n) is 2.26. The Morgan fingerprint density at radius 3 is 2.23 bits per heavy atom. The van der Waals surface area contributed by atoms with Crippen LogP contribution in [0.2, 0.25) is 10.0 Å². The molecule has 0 saturated carbocycles. The molecule has 0 aliphatic carbocycles. The zero-order valence-electron chi connectivity index (χ0n) is 14.0. The zero-order chi connectivity index (χ0) is 18.5. The molecule has 7 heteroatoms. The van der Waals surface area contributed by atoms with Gasteiger partial charge in [0.05, 0.1) is 5.56 Å². The molecule has 0 aliphatic heterocycles. The molecule has 0 radical (unpaired) electrons. The first-order valence-electron chi connectivity index (χ1n) is 7.88. The number of aryl methyl sites for hydroxylation is 1. The maximum Gasteiger partial charge on any atom is 0.254 e. The number of rotatable bonds is 5. The molecule has 1 aromatic heterocycles. The molecule has 1 heterocycles. The molecule has 132 valence electrons. The number of hydrogen-bond acceptors (Lipinski definition) is 4. The minimum atomic E-state index is -0.233. The van der Waals surface area contributed by atoms with Crippen molar-refractivity contribution in [3.05, 3.63) is 81.6 Å². The van der Waals surface area contributed by atoms with Crippen molar-refractivity contribution >= 4 is 40.7 Å². The number of nitrogens with zero attached hydrogens (tertiary/aromatic N) is 2. The third kappa shape index (κ3) is 4.94. The fourth-order valence-corrected chi connectivity index (χ4v) is 2.78. The first-order chi connectivity index (χ1) is 12.5. The predicted molar refractivity (Wildman–Crippen MR) is 104 cm³/mol. The van der Waals surface area contributed by atoms with Crippen LogP contribution in [0, 0.1) is 6.92 Å². The summed E-state index contributed by atoms with van der Waals surface area (Å²) < 4.78 is 0. The number of aromatic nitrogens is 2. The molecule has 0 fully saturated rings. The highest BCUT2D eigenvalue weighted by Gasteiger charge is 2.08. The van der Waals surface area contributed by atoms with Gasteiger partial charge in [0.2, 0.25) is 5.95 Å². The van der Waals surface area contributed by atoms with Gasteiger partial charge in [-0.2, -0.15) is 0 Å². The van der Waals surface area contributed by atoms with Crippen LogP contribution in [0.3, 0.4) is 0 Å². The minimum absolute atomic E-state index is 0.233. The van der Waals surface area contributed by atoms with E-state index in [4.69, 9.17) is 23.2 Å². The number of hydrogen-bond donors (Lipinski definition) is 2. The van der Waals surface area contributed by atoms with Crippen LogP contribution in [0.15, 0.2) is 54.9 Å². The van der Waals surface area contributed by atoms with Crippen molar-refractivity contribution < 1.29 is 4.79 Å². The lowest BCUT2D eigenvalue weighted by molar-refractivity contribution is 0.0950. The van der Waals surface area contributed by atoms with E-state index in [0.717, 1.165) is 5.56 Å². The van der Waals surface area contributed by atoms with Crippen molar-refractivity contribution in [1.29, 1.82) is 0 Å². The lowest BCUT2D eigenvalue weighted by atomic mass is 10.1. The second-order valence-corrected chi connectivity index (χ2v) is 6.62. The predicted octanol–water partition coefficient (Wildman–Crippen LogP) is 4.77. The number of carbonyl (C=O) groups excluding carboxylic acids is 1. The molecule has 0 atom stereocenters. The first-order valence-corrected chi connectivity index (χ1v) is 8.64. The van der Waals surface area contributed by atoms with Gasteiger partial charge in [-0.05, 0) is 30.7 Å². The van der Waals surface area contributed by atoms with Crippen molar-refractivity contribution in [3.63, 3.8) is 0 Å². The van der Waals surface area contributed by atoms with E-state index in [1.807, 2.05) is 31.2 Å². The van der Waals surface area contributed by atoms with Crippen LogP contribution in [0.1, 0.15) is 21.5 Å². The van der Waals surface area contributed by atoms with E-state index in [1.54, 1.807) is 18.2 Å². The Hall–Kier alpha value is -2.63. The molecule has 2 N–H and O–H groups in total. The minimum Gasteiger partial charge on any atom is -0.348 e. The Morgan fingerprint density at radius 2 is 1.62 bits per heavy atom. The molecule has 0 bridgehead atoms. The molecule has 0 spiro atoms. The van der Waals surface area contributed by atoms with Gasteiger partial charge in [0.15, 0.2) is 0 Å². The van der Waals surface area contributed by atoms with Crippen molar-refractivity contribution in [2.45, 2.75) is 13.5 Å². The molecule has 26 heavy (non-hydrogen) atoms. The molecule has 1 amide bonds. The van der Waals surface area contributed by atoms with E-state index in [0.29, 0.717) is 33.8 Å². The van der Waals surface area contributed by atoms with Gasteiger partial charge in [0.25, 0.3) is 5.91 Å². The molecule has 0 aliphatic rings. The maximum absolute atomic E-state index is 12.2. The first kappa shape index (κ1) is 18.2. The summed E-state index contributed by atoms with van der Waals surface area (Å²) >= 11 is 11.9. The van der Waals surface area contributed by atoms with Gasteiger partial charge in [-0.3, -0.25) is 4.79 Å². The van der Waals surface area contributed by atoms with E-state index in [9.17, 15) is 4.79 Å². The van der Waals surface area contributed by atoms with Crippen LogP contribution in [0.4, 0.5) is 11.6 Å². The van der Waals surface area contributed by atoms with Gasteiger partial charge in [0, 0.05) is 34.7 Å². The SMILES string of the molecule is Cc1ccc(CNC(=O)c2cnc(Nc3cc(Cl)cc(Cl)c3)nc2)cc1. The van der Waals surface area contributed by atoms with E-state index in [-0.39, 0.29) is 5.91 Å². The summed E-state index contributed by atoms with van der Waals surface area (Å²) in [6.45, 7) is 2.47. The molecular weight excluding hydrogens is 371 g/mol. The molecule has 3 aromatic rings. The van der Waals surface area contributed by atoms with Crippen molar-refractivity contribution in [1.82, 2.24) is 15.3 Å². The Kier molecular flexibility index (Phi) is 5.71. The summed E-state index contributed by atoms with van der Waals surface area (Å²) in [6, 6.07) is 13.0. The van der Waals surface area contributed by atoms with Crippen LogP contribution in [0.25, 0.3) is 0 Å². The highest BCUT2D eigenvalue weighted by atomic mass is 35.5. The number of halogens is 2. The number of amides is 1. The number of carbonyl (C=O) groups is 1. The summed E-state index contributed by atoms with van der Waals surface area (Å²) in [4.78, 5) is 20.5. The smallest absolute Gasteiger partial charge is 0.254 e. The number of benzene rings is 2. The Bertz CT molecular complexity index is 892. The van der Waals surface area contributed by atoms with Crippen molar-refractivity contribution in [2.75, 3.05) is 5.32 Å². The molecule has 5 nitrogen and oxygen atoms in total. The van der Waals surface area contributed by atoms with Crippen LogP contribution in [-0.4, -0.2) is 15.9 Å². The van der Waals surface area contributed by atoms with Gasteiger partial charge < -0.3 is 10.6 Å². The summed E-state index contributed by atoms with van der Waals surface area (Å²) in [5.74, 6) is 0.112. The summed E-state index contributed by atoms with van der Waals surface area (Å²) in [5, 5.41) is 6.85. The molecule has 0 saturated heterocycles. The van der Waals surface area contributed by atoms with Gasteiger partial charge in [-0.15, -0.1) is 0 Å².